The summed E-state index contributed by atoms with van der Waals surface area (Å²) in [6.45, 7) is 1.03. The van der Waals surface area contributed by atoms with Crippen LogP contribution in [-0.2, 0) is 57.3 Å². The zero-order valence-corrected chi connectivity index (χ0v) is 33.4. The number of nitrogens with two attached hydrogens (primary N) is 2. The maximum Gasteiger partial charge on any atom is 0.326 e. The van der Waals surface area contributed by atoms with Crippen LogP contribution in [0, 0.1) is 0 Å². The zero-order chi connectivity index (χ0) is 46.3. The summed E-state index contributed by atoms with van der Waals surface area (Å²) in [6.07, 6.45) is -15.6. The number of nitrogens with one attached hydrogen (secondary N) is 5. The van der Waals surface area contributed by atoms with Crippen molar-refractivity contribution in [1.82, 2.24) is 26.6 Å². The lowest BCUT2D eigenvalue weighted by Crippen LogP contribution is -2.69. The first kappa shape index (κ1) is 52.5. The van der Waals surface area contributed by atoms with Gasteiger partial charge in [-0.05, 0) is 39.5 Å². The van der Waals surface area contributed by atoms with Crippen LogP contribution in [0.1, 0.15) is 52.9 Å². The van der Waals surface area contributed by atoms with Gasteiger partial charge in [-0.1, -0.05) is 0 Å². The van der Waals surface area contributed by atoms with Crippen molar-refractivity contribution < 1.29 is 98.2 Å². The summed E-state index contributed by atoms with van der Waals surface area (Å²) in [5, 5.41) is 90.0. The highest BCUT2D eigenvalue weighted by Gasteiger charge is 2.52. The van der Waals surface area contributed by atoms with E-state index in [0.717, 1.165) is 6.92 Å². The zero-order valence-electron chi connectivity index (χ0n) is 33.4. The van der Waals surface area contributed by atoms with Gasteiger partial charge in [0, 0.05) is 13.3 Å². The number of aliphatic hydroxyl groups excluding tert-OH is 5. The highest BCUT2D eigenvalue weighted by atomic mass is 16.7. The summed E-state index contributed by atoms with van der Waals surface area (Å²) >= 11 is 0. The highest BCUT2D eigenvalue weighted by molar-refractivity contribution is 5.92. The van der Waals surface area contributed by atoms with Crippen LogP contribution in [0.3, 0.4) is 0 Å². The number of amides is 5. The Morgan fingerprint density at radius 1 is 0.754 bits per heavy atom. The molecular weight excluding hydrogens is 826 g/mol. The number of carboxylic acids is 3. The standard InChI is InChI=1S/C34H57N7O20/c1-12(28(50)41-17(32(55)56)7-8-20(45)40-16(30(52)37-9-21(46)47)6-4-5-15(35)31(53)54)38-29(51)13(2)58-27-23(39-14(3)44)33(57)59-19(11-43)26(27)61-34-22(36)25(49)24(48)18(10-42)60-34/h12-13,15-19,22-27,33-34,42-43,48-49,57H,4-11,35-36H2,1-3H3,(H,37,52)(H,38,51)(H,39,44)(H,40,45)(H,41,50)(H,46,47)(H,53,54)(H,55,56). The van der Waals surface area contributed by atoms with Crippen LogP contribution in [0.5, 0.6) is 0 Å². The number of carbonyl (C=O) groups is 8. The van der Waals surface area contributed by atoms with Crippen molar-refractivity contribution in [3.05, 3.63) is 0 Å². The summed E-state index contributed by atoms with van der Waals surface area (Å²) in [5.74, 6) is -8.84. The predicted molar refractivity (Wildman–Crippen MR) is 199 cm³/mol. The van der Waals surface area contributed by atoms with Gasteiger partial charge in [0.05, 0.1) is 19.3 Å². The van der Waals surface area contributed by atoms with E-state index >= 15 is 0 Å². The first-order chi connectivity index (χ1) is 28.5. The van der Waals surface area contributed by atoms with Crippen molar-refractivity contribution in [1.29, 1.82) is 0 Å². The van der Waals surface area contributed by atoms with Crippen molar-refractivity contribution in [3.8, 4) is 0 Å². The number of aliphatic carboxylic acids is 3. The smallest absolute Gasteiger partial charge is 0.326 e. The Hall–Kier alpha value is -4.68. The summed E-state index contributed by atoms with van der Waals surface area (Å²) in [5.41, 5.74) is 11.5. The minimum atomic E-state index is -1.86. The number of carbonyl (C=O) groups excluding carboxylic acids is 5. The Balaban J connectivity index is 2.14. The van der Waals surface area contributed by atoms with Crippen LogP contribution in [0.2, 0.25) is 0 Å². The molecule has 0 aromatic carbocycles. The minimum Gasteiger partial charge on any atom is -0.480 e. The fraction of sp³-hybridized carbons (Fsp3) is 0.765. The van der Waals surface area contributed by atoms with Crippen LogP contribution in [0.15, 0.2) is 0 Å². The van der Waals surface area contributed by atoms with Gasteiger partial charge in [0.2, 0.25) is 29.5 Å². The number of rotatable bonds is 24. The summed E-state index contributed by atoms with van der Waals surface area (Å²) in [4.78, 5) is 97.8. The van der Waals surface area contributed by atoms with Crippen molar-refractivity contribution in [3.63, 3.8) is 0 Å². The van der Waals surface area contributed by atoms with Gasteiger partial charge in [-0.3, -0.25) is 33.6 Å². The quantitative estimate of drug-likeness (QED) is 0.0428. The maximum absolute atomic E-state index is 13.3. The van der Waals surface area contributed by atoms with Crippen LogP contribution in [-0.4, -0.2) is 200 Å². The third kappa shape index (κ3) is 15.9. The molecule has 27 nitrogen and oxygen atoms in total. The van der Waals surface area contributed by atoms with Gasteiger partial charge in [0.15, 0.2) is 12.6 Å². The normalized spacial score (nSPS) is 28.8. The van der Waals surface area contributed by atoms with Crippen LogP contribution >= 0.6 is 0 Å². The Morgan fingerprint density at radius 3 is 1.95 bits per heavy atom. The Kier molecular flexibility index (Phi) is 21.2. The average molecular weight is 884 g/mol. The van der Waals surface area contributed by atoms with E-state index < -0.39 is 172 Å². The molecule has 348 valence electrons. The number of ether oxygens (including phenoxy) is 4. The second kappa shape index (κ2) is 24.7. The fourth-order valence-electron chi connectivity index (χ4n) is 6.17. The van der Waals surface area contributed by atoms with Gasteiger partial charge in [-0.15, -0.1) is 0 Å². The molecule has 0 aromatic rings. The number of hydrogen-bond donors (Lipinski definition) is 15. The van der Waals surface area contributed by atoms with Crippen molar-refractivity contribution >= 4 is 47.4 Å². The first-order valence-electron chi connectivity index (χ1n) is 19.0. The molecule has 5 amide bonds. The van der Waals surface area contributed by atoms with Gasteiger partial charge in [0.1, 0.15) is 79.5 Å². The molecule has 15 atom stereocenters. The van der Waals surface area contributed by atoms with Gasteiger partial charge in [-0.2, -0.15) is 0 Å². The predicted octanol–water partition coefficient (Wildman–Crippen LogP) is -7.75. The molecule has 2 heterocycles. The monoisotopic (exact) mass is 883 g/mol. The second-order valence-electron chi connectivity index (χ2n) is 14.4. The largest absolute Gasteiger partial charge is 0.480 e. The van der Waals surface area contributed by atoms with Gasteiger partial charge < -0.3 is 97.9 Å². The SMILES string of the molecule is CC(=O)NC1C(O)OC(CO)C(OC2OC(CO)C(O)C(O)C2N)C1OC(C)C(=O)NC(C)C(=O)NC(CCC(=O)NC(CCCC(N)C(=O)O)C(=O)NCC(=O)O)C(=O)O. The second-order valence-corrected chi connectivity index (χ2v) is 14.4. The Bertz CT molecular complexity index is 1540. The molecule has 0 radical (unpaired) electrons. The molecule has 0 aromatic heterocycles. The van der Waals surface area contributed by atoms with E-state index in [2.05, 4.69) is 26.6 Å². The van der Waals surface area contributed by atoms with Crippen LogP contribution in [0.25, 0.3) is 0 Å². The van der Waals surface area contributed by atoms with E-state index in [9.17, 15) is 69.0 Å². The maximum atomic E-state index is 13.3. The molecule has 61 heavy (non-hydrogen) atoms. The van der Waals surface area contributed by atoms with E-state index in [1.165, 1.54) is 13.8 Å². The molecule has 27 heteroatoms. The van der Waals surface area contributed by atoms with Gasteiger partial charge >= 0.3 is 17.9 Å². The van der Waals surface area contributed by atoms with E-state index in [1.807, 2.05) is 0 Å². The molecule has 15 unspecified atom stereocenters. The van der Waals surface area contributed by atoms with Crippen LogP contribution < -0.4 is 38.1 Å². The Morgan fingerprint density at radius 2 is 1.39 bits per heavy atom. The molecule has 2 fully saturated rings. The summed E-state index contributed by atoms with van der Waals surface area (Å²) in [7, 11) is 0. The summed E-state index contributed by atoms with van der Waals surface area (Å²) in [6, 6.07) is -8.75. The number of hydrogen-bond acceptors (Lipinski definition) is 19. The van der Waals surface area contributed by atoms with Gasteiger partial charge in [-0.25, -0.2) is 4.79 Å². The van der Waals surface area contributed by atoms with Gasteiger partial charge in [0.25, 0.3) is 0 Å². The minimum absolute atomic E-state index is 0.0249. The van der Waals surface area contributed by atoms with Crippen LogP contribution in [0.4, 0.5) is 0 Å². The lowest BCUT2D eigenvalue weighted by molar-refractivity contribution is -0.331. The molecule has 17 N–H and O–H groups in total. The van der Waals surface area contributed by atoms with Crippen molar-refractivity contribution in [2.75, 3.05) is 19.8 Å². The average Bonchev–Trinajstić information content (AvgIpc) is 3.19. The van der Waals surface area contributed by atoms with E-state index in [0.29, 0.717) is 0 Å². The number of aliphatic hydroxyl groups is 5. The fourth-order valence-corrected chi connectivity index (χ4v) is 6.17. The molecule has 2 aliphatic heterocycles. The Labute approximate surface area is 347 Å². The van der Waals surface area contributed by atoms with Crippen molar-refractivity contribution in [2.45, 2.75) is 144 Å². The van der Waals surface area contributed by atoms with E-state index in [4.69, 9.17) is 40.6 Å². The highest BCUT2D eigenvalue weighted by Crippen LogP contribution is 2.30. The molecule has 0 saturated carbocycles. The lowest BCUT2D eigenvalue weighted by atomic mass is 9.94. The third-order valence-corrected chi connectivity index (χ3v) is 9.58. The first-order valence-corrected chi connectivity index (χ1v) is 19.0. The molecule has 0 spiro atoms. The molecule has 2 rings (SSSR count). The molecule has 2 saturated heterocycles. The molecule has 0 aliphatic carbocycles. The van der Waals surface area contributed by atoms with E-state index in [-0.39, 0.29) is 19.3 Å². The molecule has 0 bridgehead atoms. The molecular formula is C34H57N7O20. The number of carboxylic acid groups (broad SMARTS) is 3. The summed E-state index contributed by atoms with van der Waals surface area (Å²) < 4.78 is 22.8. The third-order valence-electron chi connectivity index (χ3n) is 9.58. The lowest BCUT2D eigenvalue weighted by Gasteiger charge is -2.48. The van der Waals surface area contributed by atoms with E-state index in [1.54, 1.807) is 0 Å². The molecule has 2 aliphatic rings. The topological polar surface area (TPSA) is 448 Å². The van der Waals surface area contributed by atoms with Crippen molar-refractivity contribution in [2.24, 2.45) is 11.5 Å².